The van der Waals surface area contributed by atoms with Gasteiger partial charge in [0.1, 0.15) is 5.82 Å². The molecule has 1 amide bonds. The van der Waals surface area contributed by atoms with Crippen LogP contribution in [0.2, 0.25) is 0 Å². The van der Waals surface area contributed by atoms with Gasteiger partial charge in [-0.25, -0.2) is 4.68 Å². The number of hydrogen-bond acceptors (Lipinski definition) is 3. The Morgan fingerprint density at radius 2 is 2.32 bits per heavy atom. The first-order valence-corrected chi connectivity index (χ1v) is 8.20. The zero-order valence-corrected chi connectivity index (χ0v) is 14.0. The van der Waals surface area contributed by atoms with E-state index in [2.05, 4.69) is 37.7 Å². The summed E-state index contributed by atoms with van der Waals surface area (Å²) < 4.78 is 2.85. The smallest absolute Gasteiger partial charge is 0.228 e. The first-order chi connectivity index (χ1) is 10.6. The molecule has 116 valence electrons. The highest BCUT2D eigenvalue weighted by Crippen LogP contribution is 2.19. The maximum atomic E-state index is 12.3. The lowest BCUT2D eigenvalue weighted by Gasteiger charge is -2.31. The molecule has 2 aromatic rings. The van der Waals surface area contributed by atoms with Gasteiger partial charge in [0.15, 0.2) is 0 Å². The molecule has 0 radical (unpaired) electrons. The number of benzene rings is 1. The van der Waals surface area contributed by atoms with E-state index in [0.717, 1.165) is 28.9 Å². The number of carbonyl (C=O) groups excluding carboxylic acids is 1. The minimum atomic E-state index is 0.00969. The van der Waals surface area contributed by atoms with Crippen LogP contribution in [0.3, 0.4) is 0 Å². The third-order valence-corrected chi connectivity index (χ3v) is 4.62. The summed E-state index contributed by atoms with van der Waals surface area (Å²) in [6, 6.07) is 9.91. The molecular weight excluding hydrogens is 344 g/mol. The van der Waals surface area contributed by atoms with E-state index in [0.29, 0.717) is 12.5 Å². The first kappa shape index (κ1) is 15.2. The van der Waals surface area contributed by atoms with Crippen molar-refractivity contribution in [2.24, 2.45) is 11.8 Å². The predicted octanol–water partition coefficient (Wildman–Crippen LogP) is 2.49. The van der Waals surface area contributed by atoms with Crippen molar-refractivity contribution in [1.29, 1.82) is 0 Å². The SMILES string of the molecule is CC(C(=O)Nc1ccnn1Cc1cccc(Br)c1)C1CNC1. The lowest BCUT2D eigenvalue weighted by Crippen LogP contribution is -2.48. The van der Waals surface area contributed by atoms with E-state index in [1.54, 1.807) is 6.20 Å². The number of amides is 1. The topological polar surface area (TPSA) is 59.0 Å². The van der Waals surface area contributed by atoms with Gasteiger partial charge in [-0.3, -0.25) is 4.79 Å². The van der Waals surface area contributed by atoms with E-state index in [4.69, 9.17) is 0 Å². The summed E-state index contributed by atoms with van der Waals surface area (Å²) in [5.74, 6) is 1.24. The largest absolute Gasteiger partial charge is 0.316 e. The van der Waals surface area contributed by atoms with Crippen LogP contribution >= 0.6 is 15.9 Å². The summed E-state index contributed by atoms with van der Waals surface area (Å²) in [4.78, 5) is 12.3. The maximum Gasteiger partial charge on any atom is 0.228 e. The van der Waals surface area contributed by atoms with Crippen molar-refractivity contribution >= 4 is 27.7 Å². The van der Waals surface area contributed by atoms with Crippen LogP contribution in [0.1, 0.15) is 12.5 Å². The van der Waals surface area contributed by atoms with Crippen molar-refractivity contribution in [2.45, 2.75) is 13.5 Å². The van der Waals surface area contributed by atoms with E-state index < -0.39 is 0 Å². The lowest BCUT2D eigenvalue weighted by atomic mass is 9.88. The Kier molecular flexibility index (Phi) is 4.59. The second-order valence-corrected chi connectivity index (χ2v) is 6.62. The van der Waals surface area contributed by atoms with E-state index in [-0.39, 0.29) is 11.8 Å². The average molecular weight is 363 g/mol. The number of aromatic nitrogens is 2. The fourth-order valence-electron chi connectivity index (χ4n) is 2.49. The van der Waals surface area contributed by atoms with Crippen LogP contribution in [0.25, 0.3) is 0 Å². The highest BCUT2D eigenvalue weighted by Gasteiger charge is 2.29. The van der Waals surface area contributed by atoms with Gasteiger partial charge >= 0.3 is 0 Å². The van der Waals surface area contributed by atoms with Crippen molar-refractivity contribution in [2.75, 3.05) is 18.4 Å². The molecule has 2 heterocycles. The molecule has 1 aliphatic heterocycles. The van der Waals surface area contributed by atoms with E-state index >= 15 is 0 Å². The molecule has 0 bridgehead atoms. The summed E-state index contributed by atoms with van der Waals surface area (Å²) in [5.41, 5.74) is 1.13. The van der Waals surface area contributed by atoms with Crippen LogP contribution in [-0.4, -0.2) is 28.8 Å². The Balaban J connectivity index is 1.68. The molecule has 5 nitrogen and oxygen atoms in total. The van der Waals surface area contributed by atoms with Gasteiger partial charge in [-0.1, -0.05) is 35.0 Å². The van der Waals surface area contributed by atoms with Gasteiger partial charge in [-0.2, -0.15) is 5.10 Å². The number of carbonyl (C=O) groups is 1. The summed E-state index contributed by atoms with van der Waals surface area (Å²) >= 11 is 3.47. The van der Waals surface area contributed by atoms with Crippen LogP contribution in [0.4, 0.5) is 5.82 Å². The number of nitrogens with one attached hydrogen (secondary N) is 2. The van der Waals surface area contributed by atoms with Gasteiger partial charge in [0, 0.05) is 16.5 Å². The second kappa shape index (κ2) is 6.62. The molecule has 1 saturated heterocycles. The van der Waals surface area contributed by atoms with Crippen LogP contribution in [-0.2, 0) is 11.3 Å². The maximum absolute atomic E-state index is 12.3. The molecule has 6 heteroatoms. The fraction of sp³-hybridized carbons (Fsp3) is 0.375. The molecule has 1 aromatic heterocycles. The number of nitrogens with zero attached hydrogens (tertiary/aromatic N) is 2. The van der Waals surface area contributed by atoms with Gasteiger partial charge in [-0.05, 0) is 36.7 Å². The van der Waals surface area contributed by atoms with Crippen molar-refractivity contribution in [3.8, 4) is 0 Å². The molecule has 1 aliphatic rings. The van der Waals surface area contributed by atoms with Gasteiger partial charge in [0.25, 0.3) is 0 Å². The third-order valence-electron chi connectivity index (χ3n) is 4.12. The number of hydrogen-bond donors (Lipinski definition) is 2. The van der Waals surface area contributed by atoms with Crippen LogP contribution in [0.15, 0.2) is 41.0 Å². The zero-order valence-electron chi connectivity index (χ0n) is 12.4. The molecule has 22 heavy (non-hydrogen) atoms. The summed E-state index contributed by atoms with van der Waals surface area (Å²) in [7, 11) is 0. The standard InChI is InChI=1S/C16H19BrN4O/c1-11(13-8-18-9-13)16(22)20-15-5-6-19-21(15)10-12-3-2-4-14(17)7-12/h2-7,11,13,18H,8-10H2,1H3,(H,20,22). The quantitative estimate of drug-likeness (QED) is 0.858. The van der Waals surface area contributed by atoms with Gasteiger partial charge in [-0.15, -0.1) is 0 Å². The van der Waals surface area contributed by atoms with Crippen molar-refractivity contribution in [3.05, 3.63) is 46.6 Å². The second-order valence-electron chi connectivity index (χ2n) is 5.70. The zero-order chi connectivity index (χ0) is 15.5. The van der Waals surface area contributed by atoms with E-state index in [1.807, 2.05) is 35.9 Å². The van der Waals surface area contributed by atoms with Crippen molar-refractivity contribution in [3.63, 3.8) is 0 Å². The minimum Gasteiger partial charge on any atom is -0.316 e. The van der Waals surface area contributed by atoms with Gasteiger partial charge in [0.2, 0.25) is 5.91 Å². The minimum absolute atomic E-state index is 0.00969. The van der Waals surface area contributed by atoms with Gasteiger partial charge in [0.05, 0.1) is 12.7 Å². The highest BCUT2D eigenvalue weighted by molar-refractivity contribution is 9.10. The number of rotatable bonds is 5. The van der Waals surface area contributed by atoms with E-state index in [9.17, 15) is 4.79 Å². The van der Waals surface area contributed by atoms with Crippen molar-refractivity contribution in [1.82, 2.24) is 15.1 Å². The first-order valence-electron chi connectivity index (χ1n) is 7.41. The Morgan fingerprint density at radius 3 is 3.00 bits per heavy atom. The molecule has 1 unspecified atom stereocenters. The third kappa shape index (κ3) is 3.39. The normalized spacial score (nSPS) is 16.1. The summed E-state index contributed by atoms with van der Waals surface area (Å²) in [6.45, 7) is 4.45. The summed E-state index contributed by atoms with van der Waals surface area (Å²) in [6.07, 6.45) is 1.71. The Morgan fingerprint density at radius 1 is 1.50 bits per heavy atom. The Labute approximate surface area is 138 Å². The molecule has 1 atom stereocenters. The molecule has 2 N–H and O–H groups in total. The lowest BCUT2D eigenvalue weighted by molar-refractivity contribution is -0.121. The predicted molar refractivity (Wildman–Crippen MR) is 89.6 cm³/mol. The molecule has 0 aliphatic carbocycles. The molecule has 0 saturated carbocycles. The Hall–Kier alpha value is -1.66. The van der Waals surface area contributed by atoms with Crippen LogP contribution in [0, 0.1) is 11.8 Å². The number of halogens is 1. The van der Waals surface area contributed by atoms with Gasteiger partial charge < -0.3 is 10.6 Å². The van der Waals surface area contributed by atoms with Crippen LogP contribution in [0.5, 0.6) is 0 Å². The Bertz CT molecular complexity index is 666. The summed E-state index contributed by atoms with van der Waals surface area (Å²) in [5, 5.41) is 10.5. The number of anilines is 1. The molecule has 1 fully saturated rings. The molecular formula is C16H19BrN4O. The van der Waals surface area contributed by atoms with E-state index in [1.165, 1.54) is 0 Å². The average Bonchev–Trinajstić information content (AvgIpc) is 2.84. The molecule has 3 rings (SSSR count). The van der Waals surface area contributed by atoms with Crippen LogP contribution < -0.4 is 10.6 Å². The fourth-order valence-corrected chi connectivity index (χ4v) is 2.94. The monoisotopic (exact) mass is 362 g/mol. The molecule has 1 aromatic carbocycles. The molecule has 0 spiro atoms. The van der Waals surface area contributed by atoms with Crippen molar-refractivity contribution < 1.29 is 4.79 Å². The highest BCUT2D eigenvalue weighted by atomic mass is 79.9.